The molecule has 8 heteroatoms. The monoisotopic (exact) mass is 258 g/mol. The third-order valence-corrected chi connectivity index (χ3v) is 3.15. The van der Waals surface area contributed by atoms with E-state index in [1.54, 1.807) is 13.8 Å². The number of anilines is 1. The summed E-state index contributed by atoms with van der Waals surface area (Å²) in [6, 6.07) is -0.567. The maximum atomic E-state index is 11.6. The largest absolute Gasteiger partial charge is 0.480 e. The Morgan fingerprint density at radius 3 is 2.53 bits per heavy atom. The lowest BCUT2D eigenvalue weighted by Gasteiger charge is -2.27. The Balaban J connectivity index is 2.68. The first-order chi connectivity index (χ1) is 8.04. The molecule has 0 radical (unpaired) electrons. The van der Waals surface area contributed by atoms with Crippen molar-refractivity contribution < 1.29 is 14.7 Å². The van der Waals surface area contributed by atoms with Gasteiger partial charge >= 0.3 is 12.0 Å². The second-order valence-corrected chi connectivity index (χ2v) is 4.24. The van der Waals surface area contributed by atoms with Crippen molar-refractivity contribution in [1.82, 2.24) is 14.9 Å². The van der Waals surface area contributed by atoms with Crippen molar-refractivity contribution >= 4 is 28.5 Å². The van der Waals surface area contributed by atoms with Crippen LogP contribution in [0.3, 0.4) is 0 Å². The molecule has 7 nitrogen and oxygen atoms in total. The summed E-state index contributed by atoms with van der Waals surface area (Å²) in [5.41, 5.74) is -1.23. The molecule has 0 unspecified atom stereocenters. The minimum atomic E-state index is -1.23. The molecule has 0 aliphatic heterocycles. The minimum Gasteiger partial charge on any atom is -0.480 e. The quantitative estimate of drug-likeness (QED) is 0.738. The number of carboxylic acids is 1. The number of carbonyl (C=O) groups is 2. The first-order valence-electron chi connectivity index (χ1n) is 5.14. The van der Waals surface area contributed by atoms with Crippen LogP contribution in [0.15, 0.2) is 6.20 Å². The molecule has 1 aromatic rings. The zero-order valence-electron chi connectivity index (χ0n) is 9.56. The summed E-state index contributed by atoms with van der Waals surface area (Å²) in [7, 11) is 0. The number of urea groups is 1. The molecule has 1 rings (SSSR count). The van der Waals surface area contributed by atoms with Gasteiger partial charge in [-0.1, -0.05) is 18.3 Å². The number of nitrogens with zero attached hydrogens (tertiary/aromatic N) is 2. The van der Waals surface area contributed by atoms with Gasteiger partial charge in [-0.25, -0.2) is 9.59 Å². The van der Waals surface area contributed by atoms with Crippen LogP contribution < -0.4 is 10.6 Å². The zero-order valence-corrected chi connectivity index (χ0v) is 10.4. The number of nitrogens with one attached hydrogen (secondary N) is 2. The molecule has 0 saturated carbocycles. The molecule has 0 atom stereocenters. The predicted octanol–water partition coefficient (Wildman–Crippen LogP) is 1.30. The summed E-state index contributed by atoms with van der Waals surface area (Å²) in [5.74, 6) is -1.04. The van der Waals surface area contributed by atoms with Crippen LogP contribution in [-0.4, -0.2) is 32.2 Å². The maximum Gasteiger partial charge on any atom is 0.329 e. The van der Waals surface area contributed by atoms with Crippen molar-refractivity contribution in [1.29, 1.82) is 0 Å². The van der Waals surface area contributed by atoms with E-state index in [1.165, 1.54) is 6.20 Å². The van der Waals surface area contributed by atoms with Crippen LogP contribution in [0.25, 0.3) is 0 Å². The first kappa shape index (κ1) is 13.4. The van der Waals surface area contributed by atoms with Crippen molar-refractivity contribution in [3.8, 4) is 0 Å². The van der Waals surface area contributed by atoms with Gasteiger partial charge in [0.1, 0.15) is 10.5 Å². The van der Waals surface area contributed by atoms with Crippen LogP contribution in [-0.2, 0) is 4.79 Å². The molecular formula is C9H14N4O3S. The lowest BCUT2D eigenvalue weighted by Crippen LogP contribution is -2.54. The first-order valence-corrected chi connectivity index (χ1v) is 5.91. The van der Waals surface area contributed by atoms with E-state index in [2.05, 4.69) is 20.2 Å². The molecule has 0 aliphatic rings. The van der Waals surface area contributed by atoms with E-state index >= 15 is 0 Å². The van der Waals surface area contributed by atoms with E-state index < -0.39 is 17.5 Å². The maximum absolute atomic E-state index is 11.6. The van der Waals surface area contributed by atoms with E-state index in [0.29, 0.717) is 17.8 Å². The van der Waals surface area contributed by atoms with E-state index in [4.69, 9.17) is 5.11 Å². The summed E-state index contributed by atoms with van der Waals surface area (Å²) < 4.78 is 3.58. The van der Waals surface area contributed by atoms with Gasteiger partial charge in [-0.15, -0.1) is 5.10 Å². The average Bonchev–Trinajstić information content (AvgIpc) is 2.78. The smallest absolute Gasteiger partial charge is 0.329 e. The summed E-state index contributed by atoms with van der Waals surface area (Å²) in [6.45, 7) is 3.43. The normalized spacial score (nSPS) is 10.9. The summed E-state index contributed by atoms with van der Waals surface area (Å²) in [4.78, 5) is 22.8. The molecule has 0 saturated heterocycles. The van der Waals surface area contributed by atoms with Crippen molar-refractivity contribution in [2.24, 2.45) is 0 Å². The van der Waals surface area contributed by atoms with Crippen LogP contribution in [0.4, 0.5) is 9.80 Å². The Morgan fingerprint density at radius 1 is 1.47 bits per heavy atom. The molecule has 2 amide bonds. The molecular weight excluding hydrogens is 244 g/mol. The van der Waals surface area contributed by atoms with Gasteiger partial charge in [0.05, 0.1) is 6.20 Å². The highest BCUT2D eigenvalue weighted by Gasteiger charge is 2.36. The van der Waals surface area contributed by atoms with Crippen LogP contribution in [0.2, 0.25) is 0 Å². The van der Waals surface area contributed by atoms with Crippen molar-refractivity contribution in [3.05, 3.63) is 6.20 Å². The third kappa shape index (κ3) is 3.13. The molecule has 0 spiro atoms. The molecule has 0 bridgehead atoms. The van der Waals surface area contributed by atoms with Crippen LogP contribution in [0.5, 0.6) is 0 Å². The third-order valence-electron chi connectivity index (χ3n) is 2.57. The summed E-state index contributed by atoms with van der Waals surface area (Å²) in [6.07, 6.45) is 2.02. The lowest BCUT2D eigenvalue weighted by molar-refractivity contribution is -0.144. The summed E-state index contributed by atoms with van der Waals surface area (Å²) >= 11 is 1.02. The Kier molecular flexibility index (Phi) is 4.38. The van der Waals surface area contributed by atoms with Crippen LogP contribution in [0.1, 0.15) is 26.7 Å². The number of hydrogen-bond donors (Lipinski definition) is 3. The predicted molar refractivity (Wildman–Crippen MR) is 63.0 cm³/mol. The van der Waals surface area contributed by atoms with Gasteiger partial charge in [-0.05, 0) is 12.8 Å². The Labute approximate surface area is 102 Å². The lowest BCUT2D eigenvalue weighted by atomic mass is 9.93. The molecule has 0 fully saturated rings. The number of hydrogen-bond acceptors (Lipinski definition) is 5. The van der Waals surface area contributed by atoms with Gasteiger partial charge in [0.15, 0.2) is 0 Å². The van der Waals surface area contributed by atoms with Gasteiger partial charge in [-0.3, -0.25) is 5.32 Å². The van der Waals surface area contributed by atoms with Crippen LogP contribution in [0, 0.1) is 0 Å². The molecule has 3 N–H and O–H groups in total. The topological polar surface area (TPSA) is 104 Å². The standard InChI is InChI=1S/C9H14N4O3S/c1-3-9(4-2,7(14)15)12-8(16)11-6-5-10-13-17-6/h5H,3-4H2,1-2H3,(H,14,15)(H2,11,12,16). The van der Waals surface area contributed by atoms with Crippen molar-refractivity contribution in [2.75, 3.05) is 5.32 Å². The van der Waals surface area contributed by atoms with Gasteiger partial charge < -0.3 is 10.4 Å². The second-order valence-electron chi connectivity index (χ2n) is 3.46. The van der Waals surface area contributed by atoms with Crippen molar-refractivity contribution in [3.63, 3.8) is 0 Å². The summed E-state index contributed by atoms with van der Waals surface area (Å²) in [5, 5.41) is 18.1. The van der Waals surface area contributed by atoms with Gasteiger partial charge in [-0.2, -0.15) is 0 Å². The van der Waals surface area contributed by atoms with Gasteiger partial charge in [0, 0.05) is 11.5 Å². The number of carbonyl (C=O) groups excluding carboxylic acids is 1. The Bertz CT molecular complexity index is 389. The fraction of sp³-hybridized carbons (Fsp3) is 0.556. The average molecular weight is 258 g/mol. The molecule has 1 heterocycles. The molecule has 94 valence electrons. The SMILES string of the molecule is CCC(CC)(NC(=O)Nc1cnns1)C(=O)O. The van der Waals surface area contributed by atoms with Gasteiger partial charge in [0.2, 0.25) is 0 Å². The number of amides is 2. The molecule has 1 aromatic heterocycles. The molecule has 17 heavy (non-hydrogen) atoms. The number of aromatic nitrogens is 2. The number of aliphatic carboxylic acids is 1. The fourth-order valence-electron chi connectivity index (χ4n) is 1.37. The number of carboxylic acid groups (broad SMARTS) is 1. The number of rotatable bonds is 5. The van der Waals surface area contributed by atoms with E-state index in [1.807, 2.05) is 0 Å². The highest BCUT2D eigenvalue weighted by molar-refractivity contribution is 7.10. The van der Waals surface area contributed by atoms with E-state index in [9.17, 15) is 9.59 Å². The molecule has 0 aromatic carbocycles. The van der Waals surface area contributed by atoms with Gasteiger partial charge in [0.25, 0.3) is 0 Å². The van der Waals surface area contributed by atoms with E-state index in [-0.39, 0.29) is 0 Å². The van der Waals surface area contributed by atoms with Crippen molar-refractivity contribution in [2.45, 2.75) is 32.2 Å². The second kappa shape index (κ2) is 5.58. The molecule has 0 aliphatic carbocycles. The van der Waals surface area contributed by atoms with E-state index in [0.717, 1.165) is 11.5 Å². The fourth-order valence-corrected chi connectivity index (χ4v) is 1.78. The van der Waals surface area contributed by atoms with Crippen LogP contribution >= 0.6 is 11.5 Å². The Morgan fingerprint density at radius 2 is 2.12 bits per heavy atom. The zero-order chi connectivity index (χ0) is 12.9. The highest BCUT2D eigenvalue weighted by atomic mass is 32.1. The highest BCUT2D eigenvalue weighted by Crippen LogP contribution is 2.16. The Hall–Kier alpha value is -1.70. The minimum absolute atomic E-state index is 0.313.